The van der Waals surface area contributed by atoms with Crippen molar-refractivity contribution in [2.24, 2.45) is 0 Å². The highest BCUT2D eigenvalue weighted by atomic mass is 32.2. The molecule has 0 aliphatic rings. The van der Waals surface area contributed by atoms with Crippen LogP contribution in [0.3, 0.4) is 0 Å². The first kappa shape index (κ1) is 16.0. The van der Waals surface area contributed by atoms with Crippen molar-refractivity contribution < 1.29 is 19.6 Å². The number of aliphatic carboxylic acids is 1. The van der Waals surface area contributed by atoms with Gasteiger partial charge in [-0.3, -0.25) is 19.6 Å². The van der Waals surface area contributed by atoms with E-state index >= 15 is 0 Å². The van der Waals surface area contributed by atoms with Crippen LogP contribution in [0.4, 0.5) is 5.69 Å². The van der Waals surface area contributed by atoms with Gasteiger partial charge in [0.2, 0.25) is 5.91 Å². The summed E-state index contributed by atoms with van der Waals surface area (Å²) in [5.74, 6) is -1.07. The number of rotatable bonds is 8. The Hall–Kier alpha value is -2.10. The van der Waals surface area contributed by atoms with Gasteiger partial charge in [0, 0.05) is 0 Å². The molecule has 1 heterocycles. The molecule has 0 aliphatic carbocycles. The van der Waals surface area contributed by atoms with Gasteiger partial charge in [0.15, 0.2) is 0 Å². The summed E-state index contributed by atoms with van der Waals surface area (Å²) in [6.45, 7) is -0.267. The second kappa shape index (κ2) is 7.48. The molecule has 1 rings (SSSR count). The van der Waals surface area contributed by atoms with Crippen LogP contribution in [0.2, 0.25) is 0 Å². The van der Waals surface area contributed by atoms with Gasteiger partial charge in [0.1, 0.15) is 25.0 Å². The van der Waals surface area contributed by atoms with Crippen molar-refractivity contribution in [1.29, 1.82) is 0 Å². The Balaban J connectivity index is 2.56. The van der Waals surface area contributed by atoms with Crippen LogP contribution in [0, 0.1) is 10.1 Å². The Morgan fingerprint density at radius 3 is 2.85 bits per heavy atom. The molecule has 0 aromatic carbocycles. The number of amides is 1. The molecule has 0 saturated heterocycles. The molecule has 0 radical (unpaired) electrons. The molecule has 2 N–H and O–H groups in total. The Kier molecular flexibility index (Phi) is 5.97. The summed E-state index contributed by atoms with van der Waals surface area (Å²) in [4.78, 5) is 32.4. The molecule has 1 amide bonds. The SMILES string of the molecule is CSCCC(NC(=O)Cn1cc([N+](=O)[O-])cn1)C(=O)O. The molecule has 1 aromatic rings. The molecular formula is C10H14N4O5S. The minimum absolute atomic E-state index is 0.227. The Morgan fingerprint density at radius 1 is 1.65 bits per heavy atom. The first-order valence-corrected chi connectivity index (χ1v) is 7.01. The summed E-state index contributed by atoms with van der Waals surface area (Å²) in [6.07, 6.45) is 4.28. The summed E-state index contributed by atoms with van der Waals surface area (Å²) in [7, 11) is 0. The molecule has 10 heteroatoms. The van der Waals surface area contributed by atoms with Crippen molar-refractivity contribution >= 4 is 29.3 Å². The fourth-order valence-electron chi connectivity index (χ4n) is 1.41. The predicted octanol–water partition coefficient (Wildman–Crippen LogP) is 0.114. The van der Waals surface area contributed by atoms with Gasteiger partial charge in [-0.2, -0.15) is 16.9 Å². The van der Waals surface area contributed by atoms with Crippen molar-refractivity contribution in [3.63, 3.8) is 0 Å². The monoisotopic (exact) mass is 302 g/mol. The number of carboxylic acid groups (broad SMARTS) is 1. The highest BCUT2D eigenvalue weighted by molar-refractivity contribution is 7.98. The second-order valence-corrected chi connectivity index (χ2v) is 4.88. The number of nitrogens with one attached hydrogen (secondary N) is 1. The summed E-state index contributed by atoms with van der Waals surface area (Å²) in [5, 5.41) is 25.4. The lowest BCUT2D eigenvalue weighted by Crippen LogP contribution is -2.42. The van der Waals surface area contributed by atoms with Crippen molar-refractivity contribution in [2.45, 2.75) is 19.0 Å². The lowest BCUT2D eigenvalue weighted by atomic mass is 10.2. The topological polar surface area (TPSA) is 127 Å². The molecule has 0 fully saturated rings. The summed E-state index contributed by atoms with van der Waals surface area (Å²) in [5.41, 5.74) is -0.227. The third-order valence-corrected chi connectivity index (χ3v) is 3.02. The molecule has 0 aliphatic heterocycles. The van der Waals surface area contributed by atoms with E-state index in [-0.39, 0.29) is 12.2 Å². The lowest BCUT2D eigenvalue weighted by Gasteiger charge is -2.13. The normalized spacial score (nSPS) is 11.8. The van der Waals surface area contributed by atoms with E-state index in [0.717, 1.165) is 17.1 Å². The number of carbonyl (C=O) groups excluding carboxylic acids is 1. The van der Waals surface area contributed by atoms with Gasteiger partial charge in [-0.25, -0.2) is 4.79 Å². The maximum atomic E-state index is 11.7. The van der Waals surface area contributed by atoms with Gasteiger partial charge in [0.25, 0.3) is 0 Å². The Labute approximate surface area is 118 Å². The van der Waals surface area contributed by atoms with Crippen LogP contribution >= 0.6 is 11.8 Å². The molecule has 0 spiro atoms. The molecule has 9 nitrogen and oxygen atoms in total. The van der Waals surface area contributed by atoms with Gasteiger partial charge in [-0.15, -0.1) is 0 Å². The van der Waals surface area contributed by atoms with E-state index in [0.29, 0.717) is 12.2 Å². The van der Waals surface area contributed by atoms with E-state index in [1.165, 1.54) is 11.8 Å². The number of carbonyl (C=O) groups is 2. The molecular weight excluding hydrogens is 288 g/mol. The van der Waals surface area contributed by atoms with E-state index in [2.05, 4.69) is 10.4 Å². The molecule has 0 bridgehead atoms. The van der Waals surface area contributed by atoms with Crippen molar-refractivity contribution in [3.05, 3.63) is 22.5 Å². The van der Waals surface area contributed by atoms with Crippen molar-refractivity contribution in [2.75, 3.05) is 12.0 Å². The number of hydrogen-bond donors (Lipinski definition) is 2. The van der Waals surface area contributed by atoms with Gasteiger partial charge in [0.05, 0.1) is 4.92 Å². The van der Waals surface area contributed by atoms with Gasteiger partial charge >= 0.3 is 11.7 Å². The van der Waals surface area contributed by atoms with Crippen LogP contribution in [0.1, 0.15) is 6.42 Å². The van der Waals surface area contributed by atoms with Gasteiger partial charge in [-0.05, 0) is 18.4 Å². The number of hydrogen-bond acceptors (Lipinski definition) is 6. The van der Waals surface area contributed by atoms with Crippen molar-refractivity contribution in [3.8, 4) is 0 Å². The number of nitrogens with zero attached hydrogens (tertiary/aromatic N) is 3. The smallest absolute Gasteiger partial charge is 0.326 e. The summed E-state index contributed by atoms with van der Waals surface area (Å²) in [6, 6.07) is -0.972. The third kappa shape index (κ3) is 4.88. The zero-order valence-corrected chi connectivity index (χ0v) is 11.5. The molecule has 0 saturated carbocycles. The molecule has 1 aromatic heterocycles. The maximum absolute atomic E-state index is 11.7. The average Bonchev–Trinajstić information content (AvgIpc) is 2.82. The van der Waals surface area contributed by atoms with E-state index in [1.54, 1.807) is 0 Å². The van der Waals surface area contributed by atoms with Gasteiger partial charge in [-0.1, -0.05) is 0 Å². The molecule has 20 heavy (non-hydrogen) atoms. The highest BCUT2D eigenvalue weighted by Gasteiger charge is 2.20. The predicted molar refractivity (Wildman–Crippen MR) is 71.4 cm³/mol. The summed E-state index contributed by atoms with van der Waals surface area (Å²) >= 11 is 1.48. The molecule has 1 unspecified atom stereocenters. The maximum Gasteiger partial charge on any atom is 0.326 e. The van der Waals surface area contributed by atoms with Crippen LogP contribution < -0.4 is 5.32 Å². The largest absolute Gasteiger partial charge is 0.480 e. The number of thioether (sulfide) groups is 1. The van der Waals surface area contributed by atoms with E-state index in [1.807, 2.05) is 6.26 Å². The fraction of sp³-hybridized carbons (Fsp3) is 0.500. The number of aromatic nitrogens is 2. The average molecular weight is 302 g/mol. The Bertz CT molecular complexity index is 504. The first-order chi connectivity index (χ1) is 9.43. The Morgan fingerprint density at radius 2 is 2.35 bits per heavy atom. The molecule has 1 atom stereocenters. The van der Waals surface area contributed by atoms with Crippen molar-refractivity contribution in [1.82, 2.24) is 15.1 Å². The first-order valence-electron chi connectivity index (χ1n) is 5.62. The van der Waals surface area contributed by atoms with Gasteiger partial charge < -0.3 is 10.4 Å². The minimum Gasteiger partial charge on any atom is -0.480 e. The number of carboxylic acids is 1. The van der Waals surface area contributed by atoms with E-state index < -0.39 is 22.8 Å². The minimum atomic E-state index is -1.11. The quantitative estimate of drug-likeness (QED) is 0.515. The number of nitro groups is 1. The van der Waals surface area contributed by atoms with Crippen LogP contribution in [0.15, 0.2) is 12.4 Å². The molecule has 110 valence electrons. The standard InChI is InChI=1S/C10H14N4O5S/c1-20-3-2-8(10(16)17)12-9(15)6-13-5-7(4-11-13)14(18)19/h4-5,8H,2-3,6H2,1H3,(H,12,15)(H,16,17). The summed E-state index contributed by atoms with van der Waals surface area (Å²) < 4.78 is 1.08. The fourth-order valence-corrected chi connectivity index (χ4v) is 1.89. The lowest BCUT2D eigenvalue weighted by molar-refractivity contribution is -0.385. The van der Waals surface area contributed by atoms with Crippen LogP contribution in [-0.4, -0.2) is 49.7 Å². The van der Waals surface area contributed by atoms with E-state index in [4.69, 9.17) is 5.11 Å². The third-order valence-electron chi connectivity index (χ3n) is 2.38. The van der Waals surface area contributed by atoms with Crippen LogP contribution in [-0.2, 0) is 16.1 Å². The van der Waals surface area contributed by atoms with Crippen LogP contribution in [0.5, 0.6) is 0 Å². The zero-order chi connectivity index (χ0) is 15.1. The van der Waals surface area contributed by atoms with E-state index in [9.17, 15) is 19.7 Å². The second-order valence-electron chi connectivity index (χ2n) is 3.89. The van der Waals surface area contributed by atoms with Crippen LogP contribution in [0.25, 0.3) is 0 Å². The zero-order valence-electron chi connectivity index (χ0n) is 10.7. The highest BCUT2D eigenvalue weighted by Crippen LogP contribution is 2.07.